The molecule has 1 aromatic carbocycles. The van der Waals surface area contributed by atoms with E-state index < -0.39 is 0 Å². The van der Waals surface area contributed by atoms with Crippen molar-refractivity contribution < 1.29 is 0 Å². The SMILES string of the molecule is CCCCCCCc1ccc(NC2CC(N(C)C)=NC(N3CCN(c4ccccn4)CC3)=N2)cc1. The zero-order valence-corrected chi connectivity index (χ0v) is 21.7. The van der Waals surface area contributed by atoms with Crippen LogP contribution in [0.2, 0.25) is 0 Å². The maximum absolute atomic E-state index is 5.01. The number of aryl methyl sites for hydroxylation is 1. The Hall–Kier alpha value is -3.09. The molecule has 35 heavy (non-hydrogen) atoms. The number of rotatable bonds is 9. The molecule has 7 heteroatoms. The van der Waals surface area contributed by atoms with Gasteiger partial charge in [-0.1, -0.05) is 50.8 Å². The van der Waals surface area contributed by atoms with E-state index in [-0.39, 0.29) is 6.17 Å². The molecule has 188 valence electrons. The van der Waals surface area contributed by atoms with Gasteiger partial charge in [0.15, 0.2) is 0 Å². The molecule has 2 aliphatic rings. The molecule has 0 aliphatic carbocycles. The van der Waals surface area contributed by atoms with Crippen molar-refractivity contribution in [3.63, 3.8) is 0 Å². The summed E-state index contributed by atoms with van der Waals surface area (Å²) in [6.07, 6.45) is 10.4. The van der Waals surface area contributed by atoms with Crippen LogP contribution < -0.4 is 10.2 Å². The Bertz CT molecular complexity index is 961. The molecule has 0 saturated carbocycles. The molecule has 2 aliphatic heterocycles. The number of aliphatic imine (C=N–C) groups is 2. The fraction of sp³-hybridized carbons (Fsp3) is 0.536. The molecule has 2 aromatic rings. The number of pyridine rings is 1. The molecule has 1 aromatic heterocycles. The molecule has 1 unspecified atom stereocenters. The van der Waals surface area contributed by atoms with Crippen molar-refractivity contribution in [2.24, 2.45) is 9.98 Å². The minimum atomic E-state index is -0.0198. The van der Waals surface area contributed by atoms with E-state index in [1.807, 2.05) is 18.3 Å². The van der Waals surface area contributed by atoms with Gasteiger partial charge in [-0.3, -0.25) is 0 Å². The molecule has 0 bridgehead atoms. The van der Waals surface area contributed by atoms with Crippen molar-refractivity contribution in [2.75, 3.05) is 50.5 Å². The van der Waals surface area contributed by atoms with Crippen LogP contribution in [0.4, 0.5) is 11.5 Å². The van der Waals surface area contributed by atoms with Gasteiger partial charge in [0.1, 0.15) is 17.8 Å². The lowest BCUT2D eigenvalue weighted by molar-refractivity contribution is 0.376. The van der Waals surface area contributed by atoms with Gasteiger partial charge in [-0.25, -0.2) is 15.0 Å². The summed E-state index contributed by atoms with van der Waals surface area (Å²) in [5.41, 5.74) is 2.54. The Morgan fingerprint density at radius 3 is 2.34 bits per heavy atom. The predicted octanol–water partition coefficient (Wildman–Crippen LogP) is 4.87. The maximum Gasteiger partial charge on any atom is 0.224 e. The van der Waals surface area contributed by atoms with Crippen LogP contribution in [-0.4, -0.2) is 73.0 Å². The molecule has 1 fully saturated rings. The van der Waals surface area contributed by atoms with Crippen LogP contribution in [0.15, 0.2) is 58.6 Å². The molecule has 4 rings (SSSR count). The Morgan fingerprint density at radius 1 is 0.914 bits per heavy atom. The van der Waals surface area contributed by atoms with Gasteiger partial charge in [-0.15, -0.1) is 0 Å². The fourth-order valence-electron chi connectivity index (χ4n) is 4.64. The van der Waals surface area contributed by atoms with Crippen molar-refractivity contribution >= 4 is 23.3 Å². The minimum Gasteiger partial charge on any atom is -0.366 e. The third-order valence-corrected chi connectivity index (χ3v) is 6.78. The average molecular weight is 476 g/mol. The van der Waals surface area contributed by atoms with Gasteiger partial charge in [-0.05, 0) is 42.7 Å². The summed E-state index contributed by atoms with van der Waals surface area (Å²) < 4.78 is 0. The second-order valence-corrected chi connectivity index (χ2v) is 9.74. The number of nitrogens with one attached hydrogen (secondary N) is 1. The first-order valence-electron chi connectivity index (χ1n) is 13.2. The largest absolute Gasteiger partial charge is 0.366 e. The molecule has 1 N–H and O–H groups in total. The van der Waals surface area contributed by atoms with Crippen LogP contribution in [0.3, 0.4) is 0 Å². The highest BCUT2D eigenvalue weighted by Crippen LogP contribution is 2.20. The predicted molar refractivity (Wildman–Crippen MR) is 148 cm³/mol. The van der Waals surface area contributed by atoms with E-state index >= 15 is 0 Å². The number of aromatic nitrogens is 1. The van der Waals surface area contributed by atoms with E-state index in [2.05, 4.69) is 76.4 Å². The first-order chi connectivity index (χ1) is 17.1. The van der Waals surface area contributed by atoms with Gasteiger partial charge in [0.05, 0.1) is 0 Å². The van der Waals surface area contributed by atoms with Gasteiger partial charge in [0, 0.05) is 58.6 Å². The molecular weight excluding hydrogens is 434 g/mol. The first kappa shape index (κ1) is 25.0. The standard InChI is InChI=1S/C28H41N7/c1-4-5-6-7-8-11-23-13-15-24(16-14-23)30-25-22-27(33(2)3)32-28(31-25)35-20-18-34(19-21-35)26-12-9-10-17-29-26/h9-10,12-17,25,30H,4-8,11,18-22H2,1-3H3. The van der Waals surface area contributed by atoms with Crippen LogP contribution in [0.25, 0.3) is 0 Å². The highest BCUT2D eigenvalue weighted by molar-refractivity contribution is 5.98. The summed E-state index contributed by atoms with van der Waals surface area (Å²) in [5, 5.41) is 3.64. The summed E-state index contributed by atoms with van der Waals surface area (Å²) >= 11 is 0. The lowest BCUT2D eigenvalue weighted by Crippen LogP contribution is -2.50. The number of hydrogen-bond acceptors (Lipinski definition) is 7. The van der Waals surface area contributed by atoms with Crippen LogP contribution in [-0.2, 0) is 6.42 Å². The molecule has 7 nitrogen and oxygen atoms in total. The summed E-state index contributed by atoms with van der Waals surface area (Å²) in [4.78, 5) is 21.2. The van der Waals surface area contributed by atoms with E-state index in [9.17, 15) is 0 Å². The van der Waals surface area contributed by atoms with Gasteiger partial charge in [0.25, 0.3) is 0 Å². The topological polar surface area (TPSA) is 59.4 Å². The van der Waals surface area contributed by atoms with Crippen LogP contribution >= 0.6 is 0 Å². The van der Waals surface area contributed by atoms with Crippen LogP contribution in [0.5, 0.6) is 0 Å². The molecule has 0 amide bonds. The van der Waals surface area contributed by atoms with Crippen molar-refractivity contribution in [1.29, 1.82) is 0 Å². The number of anilines is 2. The third-order valence-electron chi connectivity index (χ3n) is 6.78. The second-order valence-electron chi connectivity index (χ2n) is 9.74. The number of guanidine groups is 1. The molecule has 0 radical (unpaired) electrons. The Kier molecular flexibility index (Phi) is 8.98. The molecule has 1 atom stereocenters. The molecule has 1 saturated heterocycles. The van der Waals surface area contributed by atoms with Gasteiger partial charge >= 0.3 is 0 Å². The second kappa shape index (κ2) is 12.6. The Balaban J connectivity index is 1.35. The number of unbranched alkanes of at least 4 members (excludes halogenated alkanes) is 4. The monoisotopic (exact) mass is 475 g/mol. The first-order valence-corrected chi connectivity index (χ1v) is 13.2. The number of amidine groups is 1. The minimum absolute atomic E-state index is 0.0198. The highest BCUT2D eigenvalue weighted by Gasteiger charge is 2.26. The van der Waals surface area contributed by atoms with Crippen molar-refractivity contribution in [3.05, 3.63) is 54.2 Å². The number of hydrogen-bond donors (Lipinski definition) is 1. The summed E-state index contributed by atoms with van der Waals surface area (Å²) in [7, 11) is 4.13. The summed E-state index contributed by atoms with van der Waals surface area (Å²) in [6.45, 7) is 5.88. The van der Waals surface area contributed by atoms with Gasteiger partial charge in [0.2, 0.25) is 5.96 Å². The van der Waals surface area contributed by atoms with E-state index in [4.69, 9.17) is 9.98 Å². The van der Waals surface area contributed by atoms with Crippen molar-refractivity contribution in [1.82, 2.24) is 14.8 Å². The number of piperazine rings is 1. The average Bonchev–Trinajstić information content (AvgIpc) is 2.90. The Labute approximate surface area is 211 Å². The normalized spacial score (nSPS) is 18.2. The maximum atomic E-state index is 5.01. The van der Waals surface area contributed by atoms with Crippen molar-refractivity contribution in [2.45, 2.75) is 58.0 Å². The lowest BCUT2D eigenvalue weighted by atomic mass is 10.1. The number of benzene rings is 1. The third kappa shape index (κ3) is 7.20. The summed E-state index contributed by atoms with van der Waals surface area (Å²) in [6, 6.07) is 15.0. The molecule has 3 heterocycles. The van der Waals surface area contributed by atoms with Crippen molar-refractivity contribution in [3.8, 4) is 0 Å². The quantitative estimate of drug-likeness (QED) is 0.524. The van der Waals surface area contributed by atoms with Gasteiger partial charge < -0.3 is 20.0 Å². The number of nitrogens with zero attached hydrogens (tertiary/aromatic N) is 6. The van der Waals surface area contributed by atoms with Gasteiger partial charge in [-0.2, -0.15) is 0 Å². The van der Waals surface area contributed by atoms with Crippen LogP contribution in [0, 0.1) is 0 Å². The highest BCUT2D eigenvalue weighted by atomic mass is 15.4. The van der Waals surface area contributed by atoms with E-state index in [0.29, 0.717) is 0 Å². The molecular formula is C28H41N7. The van der Waals surface area contributed by atoms with E-state index in [1.165, 1.54) is 37.7 Å². The van der Waals surface area contributed by atoms with E-state index in [0.717, 1.165) is 62.3 Å². The zero-order valence-electron chi connectivity index (χ0n) is 21.7. The molecule has 0 spiro atoms. The zero-order chi connectivity index (χ0) is 24.5. The lowest BCUT2D eigenvalue weighted by Gasteiger charge is -2.37. The van der Waals surface area contributed by atoms with E-state index in [1.54, 1.807) is 0 Å². The smallest absolute Gasteiger partial charge is 0.224 e. The van der Waals surface area contributed by atoms with Crippen LogP contribution in [0.1, 0.15) is 51.0 Å². The fourth-order valence-corrected chi connectivity index (χ4v) is 4.64. The Morgan fingerprint density at radius 2 is 1.66 bits per heavy atom. The summed E-state index contributed by atoms with van der Waals surface area (Å²) in [5.74, 6) is 2.93.